The molecule has 0 aromatic rings. The van der Waals surface area contributed by atoms with E-state index in [2.05, 4.69) is 0 Å². The first-order valence-corrected chi connectivity index (χ1v) is 3.24. The van der Waals surface area contributed by atoms with Crippen molar-refractivity contribution in [1.29, 1.82) is 0 Å². The van der Waals surface area contributed by atoms with Crippen LogP contribution in [0.1, 0.15) is 6.92 Å². The molecule has 0 saturated heterocycles. The first-order chi connectivity index (χ1) is 5.93. The minimum absolute atomic E-state index is 0.447. The lowest BCUT2D eigenvalue weighted by molar-refractivity contribution is -0.782. The minimum atomic E-state index is -3.06. The van der Waals surface area contributed by atoms with E-state index in [9.17, 15) is 29.4 Å². The maximum absolute atomic E-state index is 12.0. The van der Waals surface area contributed by atoms with Crippen molar-refractivity contribution in [2.75, 3.05) is 6.67 Å². The van der Waals surface area contributed by atoms with Crippen molar-refractivity contribution < 1.29 is 19.0 Å². The molecular weight excluding hydrogens is 187 g/mol. The number of nitro groups is 2. The van der Waals surface area contributed by atoms with Gasteiger partial charge in [0.05, 0.1) is 0 Å². The molecule has 0 aromatic carbocycles. The Kier molecular flexibility index (Phi) is 3.40. The molecule has 0 radical (unpaired) electrons. The number of hydrogen-bond donors (Lipinski definition) is 0. The van der Waals surface area contributed by atoms with Crippen LogP contribution in [0.25, 0.3) is 0 Å². The van der Waals surface area contributed by atoms with Gasteiger partial charge in [0.25, 0.3) is 6.29 Å². The molecule has 0 saturated carbocycles. The van der Waals surface area contributed by atoms with Gasteiger partial charge >= 0.3 is 5.66 Å². The molecule has 0 fully saturated rings. The summed E-state index contributed by atoms with van der Waals surface area (Å²) in [5.41, 5.74) is -3.06. The molecule has 74 valence electrons. The number of carbonyl (C=O) groups is 1. The fourth-order valence-corrected chi connectivity index (χ4v) is 0.742. The molecule has 8 heteroatoms. The Morgan fingerprint density at radius 2 is 1.85 bits per heavy atom. The van der Waals surface area contributed by atoms with Gasteiger partial charge in [0.2, 0.25) is 0 Å². The van der Waals surface area contributed by atoms with Gasteiger partial charge < -0.3 is 0 Å². The zero-order chi connectivity index (χ0) is 10.6. The van der Waals surface area contributed by atoms with Gasteiger partial charge in [0.15, 0.2) is 0 Å². The van der Waals surface area contributed by atoms with Crippen LogP contribution in [0, 0.1) is 26.1 Å². The van der Waals surface area contributed by atoms with Gasteiger partial charge in [-0.25, -0.2) is 0 Å². The number of nitrogens with zero attached hydrogens (tertiary/aromatic N) is 2. The van der Waals surface area contributed by atoms with Gasteiger partial charge in [-0.2, -0.15) is 0 Å². The summed E-state index contributed by atoms with van der Waals surface area (Å²) in [5.74, 6) is -1.59. The SMILES string of the molecule is CC(CF)C(C=O)([N+](=O)[O-])[N+](=O)[O-]. The smallest absolute Gasteiger partial charge is 0.287 e. The first-order valence-electron chi connectivity index (χ1n) is 3.24. The van der Waals surface area contributed by atoms with Crippen molar-refractivity contribution in [3.05, 3.63) is 20.2 Å². The molecule has 1 unspecified atom stereocenters. The zero-order valence-corrected chi connectivity index (χ0v) is 6.68. The van der Waals surface area contributed by atoms with Crippen LogP contribution >= 0.6 is 0 Å². The average Bonchev–Trinajstić information content (AvgIpc) is 2.04. The molecular formula is C5H7FN2O5. The summed E-state index contributed by atoms with van der Waals surface area (Å²) in [4.78, 5) is 28.0. The Morgan fingerprint density at radius 3 is 1.92 bits per heavy atom. The second-order valence-corrected chi connectivity index (χ2v) is 2.47. The molecule has 0 amide bonds. The Bertz CT molecular complexity index is 229. The Labute approximate surface area is 71.8 Å². The number of alkyl halides is 1. The van der Waals surface area contributed by atoms with E-state index in [1.165, 1.54) is 0 Å². The van der Waals surface area contributed by atoms with Crippen LogP contribution in [-0.2, 0) is 4.79 Å². The topological polar surface area (TPSA) is 103 Å². The van der Waals surface area contributed by atoms with E-state index in [-0.39, 0.29) is 0 Å². The van der Waals surface area contributed by atoms with Gasteiger partial charge in [0.1, 0.15) is 22.4 Å². The van der Waals surface area contributed by atoms with Crippen LogP contribution < -0.4 is 0 Å². The summed E-state index contributed by atoms with van der Waals surface area (Å²) < 4.78 is 12.0. The second-order valence-electron chi connectivity index (χ2n) is 2.47. The Hall–Kier alpha value is -1.60. The van der Waals surface area contributed by atoms with Crippen molar-refractivity contribution >= 4 is 6.29 Å². The van der Waals surface area contributed by atoms with E-state index in [0.29, 0.717) is 0 Å². The Balaban J connectivity index is 5.22. The summed E-state index contributed by atoms with van der Waals surface area (Å²) in [6.07, 6.45) is -0.447. The van der Waals surface area contributed by atoms with Gasteiger partial charge in [-0.15, -0.1) is 0 Å². The van der Waals surface area contributed by atoms with E-state index in [0.717, 1.165) is 6.92 Å². The average molecular weight is 194 g/mol. The van der Waals surface area contributed by atoms with Crippen molar-refractivity contribution in [3.63, 3.8) is 0 Å². The zero-order valence-electron chi connectivity index (χ0n) is 6.68. The van der Waals surface area contributed by atoms with Crippen molar-refractivity contribution in [3.8, 4) is 0 Å². The van der Waals surface area contributed by atoms with E-state index in [4.69, 9.17) is 0 Å². The number of aldehydes is 1. The first kappa shape index (κ1) is 11.4. The van der Waals surface area contributed by atoms with Crippen LogP contribution in [0.4, 0.5) is 4.39 Å². The van der Waals surface area contributed by atoms with Gasteiger partial charge in [-0.1, -0.05) is 0 Å². The van der Waals surface area contributed by atoms with E-state index >= 15 is 0 Å². The van der Waals surface area contributed by atoms with Crippen LogP contribution in [0.2, 0.25) is 0 Å². The summed E-state index contributed by atoms with van der Waals surface area (Å²) in [6.45, 7) is -0.374. The lowest BCUT2D eigenvalue weighted by Crippen LogP contribution is -2.53. The van der Waals surface area contributed by atoms with Crippen molar-refractivity contribution in [1.82, 2.24) is 0 Å². The lowest BCUT2D eigenvalue weighted by atomic mass is 9.98. The summed E-state index contributed by atoms with van der Waals surface area (Å²) in [5, 5.41) is 20.5. The third-order valence-corrected chi connectivity index (χ3v) is 1.72. The largest absolute Gasteiger partial charge is 0.517 e. The maximum atomic E-state index is 12.0. The molecule has 0 aliphatic rings. The molecule has 0 N–H and O–H groups in total. The number of hydrogen-bond acceptors (Lipinski definition) is 5. The van der Waals surface area contributed by atoms with E-state index in [1.807, 2.05) is 0 Å². The molecule has 13 heavy (non-hydrogen) atoms. The Morgan fingerprint density at radius 1 is 1.46 bits per heavy atom. The molecule has 0 rings (SSSR count). The molecule has 7 nitrogen and oxygen atoms in total. The van der Waals surface area contributed by atoms with E-state index in [1.54, 1.807) is 0 Å². The fourth-order valence-electron chi connectivity index (χ4n) is 0.742. The third-order valence-electron chi connectivity index (χ3n) is 1.72. The highest BCUT2D eigenvalue weighted by Gasteiger charge is 2.61. The van der Waals surface area contributed by atoms with Crippen molar-refractivity contribution in [2.24, 2.45) is 5.92 Å². The number of halogens is 1. The summed E-state index contributed by atoms with van der Waals surface area (Å²) in [7, 11) is 0. The normalized spacial score (nSPS) is 13.4. The van der Waals surface area contributed by atoms with Crippen LogP contribution in [-0.4, -0.2) is 28.5 Å². The second kappa shape index (κ2) is 3.87. The highest BCUT2D eigenvalue weighted by atomic mass is 19.1. The van der Waals surface area contributed by atoms with E-state index < -0.39 is 34.4 Å². The maximum Gasteiger partial charge on any atom is 0.517 e. The third kappa shape index (κ3) is 1.60. The predicted molar refractivity (Wildman–Crippen MR) is 37.9 cm³/mol. The summed E-state index contributed by atoms with van der Waals surface area (Å²) in [6, 6.07) is 0. The molecule has 0 heterocycles. The minimum Gasteiger partial charge on any atom is -0.287 e. The molecule has 0 aliphatic carbocycles. The quantitative estimate of drug-likeness (QED) is 0.266. The molecule has 0 aliphatic heterocycles. The molecule has 0 spiro atoms. The molecule has 0 bridgehead atoms. The fraction of sp³-hybridized carbons (Fsp3) is 0.800. The summed E-state index contributed by atoms with van der Waals surface area (Å²) >= 11 is 0. The monoisotopic (exact) mass is 194 g/mol. The van der Waals surface area contributed by atoms with Gasteiger partial charge in [0, 0.05) is 0 Å². The molecule has 0 aromatic heterocycles. The van der Waals surface area contributed by atoms with Gasteiger partial charge in [-0.3, -0.25) is 29.4 Å². The van der Waals surface area contributed by atoms with Crippen LogP contribution in [0.5, 0.6) is 0 Å². The van der Waals surface area contributed by atoms with Crippen LogP contribution in [0.3, 0.4) is 0 Å². The standard InChI is InChI=1S/C5H7FN2O5/c1-4(2-6)5(3-9,7(10)11)8(12)13/h3-4H,2H2,1H3. The van der Waals surface area contributed by atoms with Crippen LogP contribution in [0.15, 0.2) is 0 Å². The van der Waals surface area contributed by atoms with Crippen molar-refractivity contribution in [2.45, 2.75) is 12.6 Å². The molecule has 1 atom stereocenters. The highest BCUT2D eigenvalue weighted by molar-refractivity contribution is 5.59. The van der Waals surface area contributed by atoms with Gasteiger partial charge in [-0.05, 0) is 6.92 Å². The number of carbonyl (C=O) groups excluding carboxylic acids is 1. The number of rotatable bonds is 5. The highest BCUT2D eigenvalue weighted by Crippen LogP contribution is 2.20. The predicted octanol–water partition coefficient (Wildman–Crippen LogP) is 0.0406. The lowest BCUT2D eigenvalue weighted by Gasteiger charge is -2.14.